The maximum atomic E-state index is 5.76. The molecule has 0 unspecified atom stereocenters. The fourth-order valence-electron chi connectivity index (χ4n) is 1.75. The van der Waals surface area contributed by atoms with E-state index in [0.717, 1.165) is 23.7 Å². The zero-order valence-corrected chi connectivity index (χ0v) is 11.0. The van der Waals surface area contributed by atoms with Crippen molar-refractivity contribution in [2.45, 2.75) is 31.0 Å². The number of benzene rings is 1. The quantitative estimate of drug-likeness (QED) is 0.667. The number of anilines is 1. The molecule has 0 bridgehead atoms. The van der Waals surface area contributed by atoms with Gasteiger partial charge in [-0.05, 0) is 38.1 Å². The molecular formula is C13H17N3S. The van der Waals surface area contributed by atoms with Gasteiger partial charge in [0.05, 0.1) is 5.69 Å². The number of nitrogen functional groups attached to an aromatic ring is 1. The first-order chi connectivity index (χ1) is 8.19. The summed E-state index contributed by atoms with van der Waals surface area (Å²) >= 11 is 1.79. The van der Waals surface area contributed by atoms with E-state index in [0.29, 0.717) is 0 Å². The highest BCUT2D eigenvalue weighted by Crippen LogP contribution is 2.24. The first-order valence-corrected chi connectivity index (χ1v) is 6.69. The van der Waals surface area contributed by atoms with Gasteiger partial charge in [0.25, 0.3) is 0 Å². The molecule has 90 valence electrons. The Kier molecular flexibility index (Phi) is 3.74. The summed E-state index contributed by atoms with van der Waals surface area (Å²) in [6.45, 7) is 5.06. The minimum absolute atomic E-state index is 0.815. The van der Waals surface area contributed by atoms with Gasteiger partial charge in [0.2, 0.25) is 0 Å². The van der Waals surface area contributed by atoms with E-state index >= 15 is 0 Å². The third-order valence-electron chi connectivity index (χ3n) is 2.53. The maximum Gasteiger partial charge on any atom is 0.0596 e. The molecule has 17 heavy (non-hydrogen) atoms. The molecule has 0 saturated carbocycles. The first-order valence-electron chi connectivity index (χ1n) is 5.70. The second-order valence-electron chi connectivity index (χ2n) is 3.95. The van der Waals surface area contributed by atoms with Gasteiger partial charge in [0.15, 0.2) is 0 Å². The third-order valence-corrected chi connectivity index (χ3v) is 3.56. The van der Waals surface area contributed by atoms with Crippen LogP contribution in [0.3, 0.4) is 0 Å². The molecule has 0 atom stereocenters. The average Bonchev–Trinajstić information content (AvgIpc) is 2.67. The van der Waals surface area contributed by atoms with Crippen LogP contribution in [0, 0.1) is 6.92 Å². The van der Waals surface area contributed by atoms with Crippen LogP contribution in [0.15, 0.2) is 35.2 Å². The van der Waals surface area contributed by atoms with Crippen LogP contribution >= 0.6 is 11.8 Å². The van der Waals surface area contributed by atoms with Crippen LogP contribution in [0.4, 0.5) is 5.69 Å². The number of aromatic nitrogens is 2. The zero-order valence-electron chi connectivity index (χ0n) is 10.2. The highest BCUT2D eigenvalue weighted by atomic mass is 32.2. The summed E-state index contributed by atoms with van der Waals surface area (Å²) in [4.78, 5) is 1.20. The van der Waals surface area contributed by atoms with Crippen molar-refractivity contribution >= 4 is 17.4 Å². The molecule has 0 spiro atoms. The molecule has 2 aromatic rings. The van der Waals surface area contributed by atoms with E-state index < -0.39 is 0 Å². The second kappa shape index (κ2) is 5.27. The van der Waals surface area contributed by atoms with Crippen molar-refractivity contribution in [2.24, 2.45) is 0 Å². The molecule has 4 heteroatoms. The lowest BCUT2D eigenvalue weighted by molar-refractivity contribution is 0.632. The van der Waals surface area contributed by atoms with E-state index in [4.69, 9.17) is 5.73 Å². The SMILES string of the molecule is CCn1nc(C)cc1CSc1cccc(N)c1. The summed E-state index contributed by atoms with van der Waals surface area (Å²) in [6.07, 6.45) is 0. The zero-order chi connectivity index (χ0) is 12.3. The fraction of sp³-hybridized carbons (Fsp3) is 0.308. The van der Waals surface area contributed by atoms with Crippen LogP contribution < -0.4 is 5.73 Å². The van der Waals surface area contributed by atoms with Crippen LogP contribution in [0.25, 0.3) is 0 Å². The molecule has 0 saturated heterocycles. The van der Waals surface area contributed by atoms with Crippen LogP contribution in [-0.4, -0.2) is 9.78 Å². The van der Waals surface area contributed by atoms with Crippen molar-refractivity contribution in [1.29, 1.82) is 0 Å². The Hall–Kier alpha value is -1.42. The summed E-state index contributed by atoms with van der Waals surface area (Å²) in [5.74, 6) is 0.929. The number of thioether (sulfide) groups is 1. The first kappa shape index (κ1) is 12.0. The lowest BCUT2D eigenvalue weighted by Gasteiger charge is -2.05. The number of hydrogen-bond donors (Lipinski definition) is 1. The average molecular weight is 247 g/mol. The van der Waals surface area contributed by atoms with Crippen LogP contribution in [0.1, 0.15) is 18.3 Å². The molecule has 2 rings (SSSR count). The number of rotatable bonds is 4. The van der Waals surface area contributed by atoms with Crippen LogP contribution in [0.5, 0.6) is 0 Å². The normalized spacial score (nSPS) is 10.7. The molecule has 0 aliphatic heterocycles. The summed E-state index contributed by atoms with van der Waals surface area (Å²) < 4.78 is 2.05. The van der Waals surface area contributed by atoms with E-state index in [9.17, 15) is 0 Å². The molecule has 0 amide bonds. The Morgan fingerprint density at radius 3 is 2.88 bits per heavy atom. The molecular weight excluding hydrogens is 230 g/mol. The van der Waals surface area contributed by atoms with Gasteiger partial charge >= 0.3 is 0 Å². The number of hydrogen-bond acceptors (Lipinski definition) is 3. The molecule has 1 aromatic carbocycles. The Morgan fingerprint density at radius 1 is 1.35 bits per heavy atom. The van der Waals surface area contributed by atoms with Gasteiger partial charge in [-0.2, -0.15) is 5.10 Å². The third kappa shape index (κ3) is 3.03. The van der Waals surface area contributed by atoms with Crippen molar-refractivity contribution in [3.05, 3.63) is 41.7 Å². The fourth-order valence-corrected chi connectivity index (χ4v) is 2.69. The minimum atomic E-state index is 0.815. The van der Waals surface area contributed by atoms with Crippen molar-refractivity contribution < 1.29 is 0 Å². The highest BCUT2D eigenvalue weighted by Gasteiger charge is 2.04. The van der Waals surface area contributed by atoms with Gasteiger partial charge in [-0.3, -0.25) is 4.68 Å². The lowest BCUT2D eigenvalue weighted by Crippen LogP contribution is -2.01. The number of nitrogens with two attached hydrogens (primary N) is 1. The topological polar surface area (TPSA) is 43.8 Å². The minimum Gasteiger partial charge on any atom is -0.399 e. The summed E-state index contributed by atoms with van der Waals surface area (Å²) in [5.41, 5.74) is 8.91. The standard InChI is InChI=1S/C13H17N3S/c1-3-16-12(7-10(2)15-16)9-17-13-6-4-5-11(14)8-13/h4-8H,3,9,14H2,1-2H3. The van der Waals surface area contributed by atoms with Crippen LogP contribution in [0.2, 0.25) is 0 Å². The number of nitrogens with zero attached hydrogens (tertiary/aromatic N) is 2. The van der Waals surface area contributed by atoms with Crippen molar-refractivity contribution in [3.63, 3.8) is 0 Å². The second-order valence-corrected chi connectivity index (χ2v) is 5.00. The van der Waals surface area contributed by atoms with E-state index in [1.54, 1.807) is 11.8 Å². The van der Waals surface area contributed by atoms with Crippen molar-refractivity contribution in [3.8, 4) is 0 Å². The van der Waals surface area contributed by atoms with Gasteiger partial charge in [0, 0.05) is 28.6 Å². The van der Waals surface area contributed by atoms with Gasteiger partial charge in [-0.15, -0.1) is 11.8 Å². The monoisotopic (exact) mass is 247 g/mol. The predicted molar refractivity (Wildman–Crippen MR) is 73.1 cm³/mol. The molecule has 0 aliphatic rings. The molecule has 3 nitrogen and oxygen atoms in total. The molecule has 0 fully saturated rings. The van der Waals surface area contributed by atoms with Gasteiger partial charge in [-0.1, -0.05) is 6.07 Å². The predicted octanol–water partition coefficient (Wildman–Crippen LogP) is 3.09. The molecule has 0 aliphatic carbocycles. The maximum absolute atomic E-state index is 5.76. The van der Waals surface area contributed by atoms with E-state index in [1.807, 2.05) is 25.1 Å². The Bertz CT molecular complexity index is 505. The smallest absolute Gasteiger partial charge is 0.0596 e. The Morgan fingerprint density at radius 2 is 2.18 bits per heavy atom. The Balaban J connectivity index is 2.06. The van der Waals surface area contributed by atoms with Crippen molar-refractivity contribution in [1.82, 2.24) is 9.78 Å². The largest absolute Gasteiger partial charge is 0.399 e. The van der Waals surface area contributed by atoms with Gasteiger partial charge in [0.1, 0.15) is 0 Å². The van der Waals surface area contributed by atoms with E-state index in [2.05, 4.69) is 28.8 Å². The van der Waals surface area contributed by atoms with E-state index in [1.165, 1.54) is 10.6 Å². The number of aryl methyl sites for hydroxylation is 2. The van der Waals surface area contributed by atoms with E-state index in [-0.39, 0.29) is 0 Å². The summed E-state index contributed by atoms with van der Waals surface area (Å²) in [6, 6.07) is 10.1. The Labute approximate surface area is 106 Å². The molecule has 1 heterocycles. The lowest BCUT2D eigenvalue weighted by atomic mass is 10.3. The molecule has 2 N–H and O–H groups in total. The molecule has 0 radical (unpaired) electrons. The summed E-state index contributed by atoms with van der Waals surface area (Å²) in [7, 11) is 0. The molecule has 1 aromatic heterocycles. The van der Waals surface area contributed by atoms with Crippen LogP contribution in [-0.2, 0) is 12.3 Å². The summed E-state index contributed by atoms with van der Waals surface area (Å²) in [5, 5.41) is 4.44. The van der Waals surface area contributed by atoms with Crippen molar-refractivity contribution in [2.75, 3.05) is 5.73 Å². The van der Waals surface area contributed by atoms with Gasteiger partial charge < -0.3 is 5.73 Å². The highest BCUT2D eigenvalue weighted by molar-refractivity contribution is 7.98. The van der Waals surface area contributed by atoms with Gasteiger partial charge in [-0.25, -0.2) is 0 Å².